The van der Waals surface area contributed by atoms with E-state index in [2.05, 4.69) is 226 Å². The van der Waals surface area contributed by atoms with Crippen LogP contribution in [0.1, 0.15) is 22.3 Å². The molecule has 0 atom stereocenters. The number of anilines is 6. The Bertz CT molecular complexity index is 4060. The number of para-hydroxylation sites is 3. The monoisotopic (exact) mass is 848 g/mol. The highest BCUT2D eigenvalue weighted by atomic mass is 16.3. The van der Waals surface area contributed by atoms with Crippen LogP contribution in [0.5, 0.6) is 0 Å². The fourth-order valence-corrected chi connectivity index (χ4v) is 10.7. The normalized spacial score (nSPS) is 11.9. The maximum atomic E-state index is 6.91. The summed E-state index contributed by atoms with van der Waals surface area (Å²) >= 11 is 0. The summed E-state index contributed by atoms with van der Waals surface area (Å²) in [5.74, 6) is 0. The van der Waals surface area contributed by atoms with Gasteiger partial charge in [0.25, 0.3) is 0 Å². The van der Waals surface area contributed by atoms with Gasteiger partial charge in [0, 0.05) is 43.7 Å². The molecule has 314 valence electrons. The highest BCUT2D eigenvalue weighted by Crippen LogP contribution is 2.52. The number of furan rings is 2. The van der Waals surface area contributed by atoms with Crippen molar-refractivity contribution < 1.29 is 8.83 Å². The molecule has 0 aliphatic heterocycles. The van der Waals surface area contributed by atoms with Gasteiger partial charge in [-0.3, -0.25) is 0 Å². The molecular formula is C62H44N2O2. The van der Waals surface area contributed by atoms with Crippen LogP contribution in [-0.4, -0.2) is 0 Å². The summed E-state index contributed by atoms with van der Waals surface area (Å²) in [6.07, 6.45) is 0. The van der Waals surface area contributed by atoms with Crippen molar-refractivity contribution in [2.75, 3.05) is 9.80 Å². The maximum Gasteiger partial charge on any atom is 0.159 e. The lowest BCUT2D eigenvalue weighted by Crippen LogP contribution is -2.14. The van der Waals surface area contributed by atoms with E-state index in [9.17, 15) is 0 Å². The van der Waals surface area contributed by atoms with E-state index >= 15 is 0 Å². The molecule has 4 nitrogen and oxygen atoms in total. The third-order valence-corrected chi connectivity index (χ3v) is 13.9. The summed E-state index contributed by atoms with van der Waals surface area (Å²) in [6, 6.07) is 70.3. The minimum absolute atomic E-state index is 0.873. The summed E-state index contributed by atoms with van der Waals surface area (Å²) in [7, 11) is 0. The lowest BCUT2D eigenvalue weighted by Gasteiger charge is -2.31. The fraction of sp³-hybridized carbons (Fsp3) is 0.0645. The van der Waals surface area contributed by atoms with Gasteiger partial charge in [-0.2, -0.15) is 0 Å². The van der Waals surface area contributed by atoms with Crippen LogP contribution in [0.15, 0.2) is 203 Å². The Labute approximate surface area is 382 Å². The van der Waals surface area contributed by atoms with Crippen LogP contribution < -0.4 is 9.80 Å². The number of benzene rings is 11. The van der Waals surface area contributed by atoms with Gasteiger partial charge < -0.3 is 18.6 Å². The second-order valence-corrected chi connectivity index (χ2v) is 17.8. The molecule has 0 spiro atoms. The van der Waals surface area contributed by atoms with Crippen LogP contribution in [0.4, 0.5) is 34.1 Å². The van der Waals surface area contributed by atoms with E-state index in [0.29, 0.717) is 0 Å². The van der Waals surface area contributed by atoms with Gasteiger partial charge in [0.1, 0.15) is 11.2 Å². The van der Waals surface area contributed by atoms with Crippen LogP contribution in [0.2, 0.25) is 0 Å². The van der Waals surface area contributed by atoms with E-state index in [1.807, 2.05) is 6.07 Å². The molecule has 0 unspecified atom stereocenters. The van der Waals surface area contributed by atoms with Gasteiger partial charge in [-0.05, 0) is 119 Å². The van der Waals surface area contributed by atoms with E-state index < -0.39 is 0 Å². The van der Waals surface area contributed by atoms with Gasteiger partial charge in [0.2, 0.25) is 0 Å². The van der Waals surface area contributed by atoms with Gasteiger partial charge in [-0.15, -0.1) is 0 Å². The first-order valence-electron chi connectivity index (χ1n) is 22.8. The van der Waals surface area contributed by atoms with Gasteiger partial charge in [-0.1, -0.05) is 158 Å². The largest absolute Gasteiger partial charge is 0.454 e. The first-order valence-corrected chi connectivity index (χ1v) is 22.8. The lowest BCUT2D eigenvalue weighted by molar-refractivity contribution is 0.668. The molecule has 0 amide bonds. The summed E-state index contributed by atoms with van der Waals surface area (Å²) in [5.41, 5.74) is 16.9. The Morgan fingerprint density at radius 2 is 0.758 bits per heavy atom. The van der Waals surface area contributed by atoms with Crippen molar-refractivity contribution in [2.24, 2.45) is 0 Å². The van der Waals surface area contributed by atoms with Gasteiger partial charge in [0.15, 0.2) is 11.2 Å². The predicted octanol–water partition coefficient (Wildman–Crippen LogP) is 18.2. The van der Waals surface area contributed by atoms with Gasteiger partial charge in [-0.25, -0.2) is 0 Å². The Kier molecular flexibility index (Phi) is 8.44. The fourth-order valence-electron chi connectivity index (χ4n) is 10.7. The van der Waals surface area contributed by atoms with Gasteiger partial charge in [0.05, 0.1) is 22.7 Å². The predicted molar refractivity (Wildman–Crippen MR) is 278 cm³/mol. The molecule has 2 aromatic heterocycles. The standard InChI is InChI=1S/C62H44N2O2/c1-37-14-8-11-19-51(37)63(59-39(3)23-30-47-45-17-9-12-20-55(45)65-61(47)59)52-34-28-42-27-33-50-53(35-29-43-26-32-49(52)57(42)58(43)50)64(54-36-44(25-22-38(54)2)41-15-6-5-7-16-41)60-40(4)24-31-48-46-18-10-13-21-56(46)66-62(48)60/h5-36H,1-4H3. The second-order valence-electron chi connectivity index (χ2n) is 17.8. The van der Waals surface area contributed by atoms with Crippen molar-refractivity contribution >= 4 is 110 Å². The molecule has 0 saturated heterocycles. The van der Waals surface area contributed by atoms with Crippen molar-refractivity contribution in [1.29, 1.82) is 0 Å². The van der Waals surface area contributed by atoms with Crippen molar-refractivity contribution in [2.45, 2.75) is 27.7 Å². The highest BCUT2D eigenvalue weighted by molar-refractivity contribution is 6.29. The average Bonchev–Trinajstić information content (AvgIpc) is 3.92. The quantitative estimate of drug-likeness (QED) is 0.150. The van der Waals surface area contributed by atoms with Crippen molar-refractivity contribution in [3.63, 3.8) is 0 Å². The molecular weight excluding hydrogens is 805 g/mol. The Hall–Kier alpha value is -8.34. The molecule has 0 aliphatic carbocycles. The summed E-state index contributed by atoms with van der Waals surface area (Å²) in [4.78, 5) is 4.92. The number of nitrogens with zero attached hydrogens (tertiary/aromatic N) is 2. The van der Waals surface area contributed by atoms with Gasteiger partial charge >= 0.3 is 0 Å². The Morgan fingerprint density at radius 1 is 0.303 bits per heavy atom. The number of fused-ring (bicyclic) bond motifs is 6. The average molecular weight is 849 g/mol. The van der Waals surface area contributed by atoms with Crippen molar-refractivity contribution in [1.82, 2.24) is 0 Å². The van der Waals surface area contributed by atoms with E-state index in [-0.39, 0.29) is 0 Å². The van der Waals surface area contributed by atoms with E-state index in [1.165, 1.54) is 43.6 Å². The summed E-state index contributed by atoms with van der Waals surface area (Å²) in [6.45, 7) is 8.83. The first-order chi connectivity index (χ1) is 32.4. The topological polar surface area (TPSA) is 32.8 Å². The molecule has 0 bridgehead atoms. The lowest BCUT2D eigenvalue weighted by atomic mass is 9.91. The third-order valence-electron chi connectivity index (χ3n) is 13.9. The molecule has 0 fully saturated rings. The maximum absolute atomic E-state index is 6.91. The van der Waals surface area contributed by atoms with E-state index in [1.54, 1.807) is 0 Å². The van der Waals surface area contributed by atoms with Crippen LogP contribution in [0, 0.1) is 27.7 Å². The molecule has 66 heavy (non-hydrogen) atoms. The Morgan fingerprint density at radius 3 is 1.33 bits per heavy atom. The van der Waals surface area contributed by atoms with E-state index in [0.717, 1.165) is 100 Å². The van der Waals surface area contributed by atoms with Crippen LogP contribution in [0.3, 0.4) is 0 Å². The zero-order chi connectivity index (χ0) is 44.2. The minimum Gasteiger partial charge on any atom is -0.454 e. The molecule has 0 saturated carbocycles. The molecule has 0 aliphatic rings. The molecule has 0 N–H and O–H groups in total. The molecule has 13 rings (SSSR count). The highest BCUT2D eigenvalue weighted by Gasteiger charge is 2.28. The van der Waals surface area contributed by atoms with E-state index in [4.69, 9.17) is 8.83 Å². The number of rotatable bonds is 7. The minimum atomic E-state index is 0.873. The zero-order valence-electron chi connectivity index (χ0n) is 37.2. The van der Waals surface area contributed by atoms with Crippen LogP contribution in [-0.2, 0) is 0 Å². The second kappa shape index (κ2) is 14.6. The summed E-state index contributed by atoms with van der Waals surface area (Å²) < 4.78 is 13.7. The first kappa shape index (κ1) is 38.1. The molecule has 11 aromatic carbocycles. The Balaban J connectivity index is 1.11. The SMILES string of the molecule is Cc1ccccc1N(c1ccc2ccc3c(N(c4cc(-c5ccccc5)ccc4C)c4c(C)ccc5c4oc4ccccc45)ccc4ccc1c2c43)c1c(C)ccc2c1oc1ccccc12. The number of hydrogen-bond acceptors (Lipinski definition) is 4. The molecule has 13 aromatic rings. The van der Waals surface area contributed by atoms with Crippen LogP contribution in [0.25, 0.3) is 87.3 Å². The third kappa shape index (κ3) is 5.64. The van der Waals surface area contributed by atoms with Crippen LogP contribution >= 0.6 is 0 Å². The smallest absolute Gasteiger partial charge is 0.159 e. The molecule has 0 radical (unpaired) electrons. The molecule has 2 heterocycles. The zero-order valence-corrected chi connectivity index (χ0v) is 37.2. The number of hydrogen-bond donors (Lipinski definition) is 0. The van der Waals surface area contributed by atoms with Crippen molar-refractivity contribution in [3.8, 4) is 11.1 Å². The van der Waals surface area contributed by atoms with Crippen molar-refractivity contribution in [3.05, 3.63) is 216 Å². The number of aryl methyl sites for hydroxylation is 4. The summed E-state index contributed by atoms with van der Waals surface area (Å²) in [5, 5.41) is 11.6. The molecule has 4 heteroatoms.